The molecule has 1 unspecified atom stereocenters. The molecule has 6 heteroatoms. The second-order valence-electron chi connectivity index (χ2n) is 5.24. The van der Waals surface area contributed by atoms with Crippen molar-refractivity contribution in [2.75, 3.05) is 6.54 Å². The third-order valence-electron chi connectivity index (χ3n) is 3.67. The number of rotatable bonds is 5. The quantitative estimate of drug-likeness (QED) is 0.789. The Kier molecular flexibility index (Phi) is 4.98. The molecule has 1 saturated carbocycles. The van der Waals surface area contributed by atoms with Crippen LogP contribution in [0.3, 0.4) is 0 Å². The van der Waals surface area contributed by atoms with Gasteiger partial charge in [0.2, 0.25) is 0 Å². The standard InChI is InChI=1S/C15H18N4O.ClH/c16-13(10-6-7-10)9-17-15(20)12-8-18-19-14(12)11-4-2-1-3-5-11;/h1-5,8,10,13H,6-7,9,16H2,(H,17,20)(H,18,19);1H. The lowest BCUT2D eigenvalue weighted by atomic mass is 10.1. The van der Waals surface area contributed by atoms with E-state index in [1.54, 1.807) is 6.20 Å². The van der Waals surface area contributed by atoms with E-state index in [2.05, 4.69) is 15.5 Å². The van der Waals surface area contributed by atoms with Gasteiger partial charge in [0.15, 0.2) is 0 Å². The highest BCUT2D eigenvalue weighted by Crippen LogP contribution is 2.31. The molecule has 1 amide bonds. The molecular weight excluding hydrogens is 288 g/mol. The number of hydrogen-bond acceptors (Lipinski definition) is 3. The summed E-state index contributed by atoms with van der Waals surface area (Å²) >= 11 is 0. The lowest BCUT2D eigenvalue weighted by molar-refractivity contribution is 0.0951. The molecule has 1 aliphatic rings. The molecule has 1 atom stereocenters. The maximum absolute atomic E-state index is 12.2. The zero-order valence-electron chi connectivity index (χ0n) is 11.6. The Balaban J connectivity index is 0.00000161. The molecule has 1 aromatic carbocycles. The fraction of sp³-hybridized carbons (Fsp3) is 0.333. The van der Waals surface area contributed by atoms with Gasteiger partial charge >= 0.3 is 0 Å². The van der Waals surface area contributed by atoms with Gasteiger partial charge in [0.05, 0.1) is 17.5 Å². The van der Waals surface area contributed by atoms with Crippen LogP contribution < -0.4 is 11.1 Å². The van der Waals surface area contributed by atoms with Crippen LogP contribution in [0.2, 0.25) is 0 Å². The van der Waals surface area contributed by atoms with Crippen molar-refractivity contribution >= 4 is 18.3 Å². The van der Waals surface area contributed by atoms with E-state index in [1.165, 1.54) is 12.8 Å². The van der Waals surface area contributed by atoms with Crippen molar-refractivity contribution in [3.05, 3.63) is 42.1 Å². The normalized spacial score (nSPS) is 15.1. The van der Waals surface area contributed by atoms with Gasteiger partial charge < -0.3 is 11.1 Å². The van der Waals surface area contributed by atoms with Crippen LogP contribution in [0.1, 0.15) is 23.2 Å². The average molecular weight is 307 g/mol. The van der Waals surface area contributed by atoms with Crippen molar-refractivity contribution in [1.82, 2.24) is 15.5 Å². The van der Waals surface area contributed by atoms with Crippen LogP contribution in [-0.2, 0) is 0 Å². The summed E-state index contributed by atoms with van der Waals surface area (Å²) in [6, 6.07) is 9.75. The lowest BCUT2D eigenvalue weighted by Gasteiger charge is -2.11. The first-order chi connectivity index (χ1) is 9.75. The van der Waals surface area contributed by atoms with E-state index in [-0.39, 0.29) is 24.4 Å². The molecule has 1 fully saturated rings. The number of aromatic nitrogens is 2. The van der Waals surface area contributed by atoms with E-state index >= 15 is 0 Å². The summed E-state index contributed by atoms with van der Waals surface area (Å²) in [5.74, 6) is 0.446. The van der Waals surface area contributed by atoms with Crippen molar-refractivity contribution < 1.29 is 4.79 Å². The van der Waals surface area contributed by atoms with Crippen molar-refractivity contribution in [2.24, 2.45) is 11.7 Å². The summed E-state index contributed by atoms with van der Waals surface area (Å²) in [4.78, 5) is 12.2. The highest BCUT2D eigenvalue weighted by molar-refractivity contribution is 5.99. The third-order valence-corrected chi connectivity index (χ3v) is 3.67. The minimum absolute atomic E-state index is 0. The van der Waals surface area contributed by atoms with Crippen LogP contribution in [0.25, 0.3) is 11.3 Å². The molecule has 3 rings (SSSR count). The Hall–Kier alpha value is -1.85. The smallest absolute Gasteiger partial charge is 0.255 e. The van der Waals surface area contributed by atoms with Gasteiger partial charge in [-0.05, 0) is 18.8 Å². The van der Waals surface area contributed by atoms with E-state index in [1.807, 2.05) is 30.3 Å². The zero-order chi connectivity index (χ0) is 13.9. The molecule has 2 aromatic rings. The number of amides is 1. The molecular formula is C15H19ClN4O. The molecule has 0 bridgehead atoms. The van der Waals surface area contributed by atoms with Gasteiger partial charge in [-0.25, -0.2) is 0 Å². The minimum atomic E-state index is -0.131. The molecule has 0 aliphatic heterocycles. The van der Waals surface area contributed by atoms with Crippen LogP contribution >= 0.6 is 12.4 Å². The van der Waals surface area contributed by atoms with Crippen molar-refractivity contribution in [1.29, 1.82) is 0 Å². The molecule has 1 aromatic heterocycles. The molecule has 1 aliphatic carbocycles. The molecule has 21 heavy (non-hydrogen) atoms. The van der Waals surface area contributed by atoms with Crippen LogP contribution in [-0.4, -0.2) is 28.7 Å². The fourth-order valence-corrected chi connectivity index (χ4v) is 2.28. The molecule has 0 radical (unpaired) electrons. The summed E-state index contributed by atoms with van der Waals surface area (Å²) in [6.45, 7) is 0.517. The molecule has 112 valence electrons. The van der Waals surface area contributed by atoms with Gasteiger partial charge in [-0.1, -0.05) is 30.3 Å². The first kappa shape index (κ1) is 15.5. The largest absolute Gasteiger partial charge is 0.350 e. The van der Waals surface area contributed by atoms with Crippen LogP contribution in [0, 0.1) is 5.92 Å². The molecule has 1 heterocycles. The third kappa shape index (κ3) is 3.62. The van der Waals surface area contributed by atoms with E-state index in [0.717, 1.165) is 11.3 Å². The van der Waals surface area contributed by atoms with Gasteiger partial charge in [0, 0.05) is 18.2 Å². The monoisotopic (exact) mass is 306 g/mol. The number of carbonyl (C=O) groups is 1. The predicted octanol–water partition coefficient (Wildman–Crippen LogP) is 1.97. The number of nitrogens with one attached hydrogen (secondary N) is 2. The fourth-order valence-electron chi connectivity index (χ4n) is 2.28. The average Bonchev–Trinajstić information content (AvgIpc) is 3.22. The van der Waals surface area contributed by atoms with E-state index < -0.39 is 0 Å². The summed E-state index contributed by atoms with van der Waals surface area (Å²) in [6.07, 6.45) is 3.91. The number of carbonyl (C=O) groups excluding carboxylic acids is 1. The number of nitrogens with zero attached hydrogens (tertiary/aromatic N) is 1. The Morgan fingerprint density at radius 2 is 2.10 bits per heavy atom. The van der Waals surface area contributed by atoms with Gasteiger partial charge in [-0.15, -0.1) is 12.4 Å². The topological polar surface area (TPSA) is 83.8 Å². The number of hydrogen-bond donors (Lipinski definition) is 3. The predicted molar refractivity (Wildman–Crippen MR) is 84.3 cm³/mol. The maximum atomic E-state index is 12.2. The van der Waals surface area contributed by atoms with Crippen molar-refractivity contribution in [2.45, 2.75) is 18.9 Å². The van der Waals surface area contributed by atoms with E-state index in [9.17, 15) is 4.79 Å². The summed E-state index contributed by atoms with van der Waals surface area (Å²) in [5.41, 5.74) is 8.23. The first-order valence-electron chi connectivity index (χ1n) is 6.88. The summed E-state index contributed by atoms with van der Waals surface area (Å²) in [5, 5.41) is 9.75. The Morgan fingerprint density at radius 3 is 2.76 bits per heavy atom. The number of benzene rings is 1. The van der Waals surface area contributed by atoms with Crippen LogP contribution in [0.5, 0.6) is 0 Å². The van der Waals surface area contributed by atoms with Gasteiger partial charge in [0.1, 0.15) is 0 Å². The van der Waals surface area contributed by atoms with E-state index in [4.69, 9.17) is 5.73 Å². The molecule has 0 spiro atoms. The lowest BCUT2D eigenvalue weighted by Crippen LogP contribution is -2.38. The van der Waals surface area contributed by atoms with Crippen LogP contribution in [0.15, 0.2) is 36.5 Å². The van der Waals surface area contributed by atoms with E-state index in [0.29, 0.717) is 18.0 Å². The molecule has 4 N–H and O–H groups in total. The Morgan fingerprint density at radius 1 is 1.38 bits per heavy atom. The highest BCUT2D eigenvalue weighted by Gasteiger charge is 2.28. The van der Waals surface area contributed by atoms with Gasteiger partial charge in [-0.2, -0.15) is 5.10 Å². The summed E-state index contributed by atoms with van der Waals surface area (Å²) < 4.78 is 0. The number of nitrogens with two attached hydrogens (primary N) is 1. The van der Waals surface area contributed by atoms with Crippen molar-refractivity contribution in [3.8, 4) is 11.3 Å². The minimum Gasteiger partial charge on any atom is -0.350 e. The number of H-pyrrole nitrogens is 1. The first-order valence-corrected chi connectivity index (χ1v) is 6.88. The van der Waals surface area contributed by atoms with Gasteiger partial charge in [0.25, 0.3) is 5.91 Å². The Labute approximate surface area is 129 Å². The molecule has 0 saturated heterocycles. The number of halogens is 1. The highest BCUT2D eigenvalue weighted by atomic mass is 35.5. The summed E-state index contributed by atoms with van der Waals surface area (Å²) in [7, 11) is 0. The number of aromatic amines is 1. The second kappa shape index (κ2) is 6.74. The zero-order valence-corrected chi connectivity index (χ0v) is 12.4. The van der Waals surface area contributed by atoms with Crippen LogP contribution in [0.4, 0.5) is 0 Å². The SMILES string of the molecule is Cl.NC(CNC(=O)c1cn[nH]c1-c1ccccc1)C1CC1. The molecule has 5 nitrogen and oxygen atoms in total. The van der Waals surface area contributed by atoms with Crippen molar-refractivity contribution in [3.63, 3.8) is 0 Å². The second-order valence-corrected chi connectivity index (χ2v) is 5.24. The Bertz CT molecular complexity index is 595. The maximum Gasteiger partial charge on any atom is 0.255 e. The van der Waals surface area contributed by atoms with Gasteiger partial charge in [-0.3, -0.25) is 9.89 Å².